The van der Waals surface area contributed by atoms with E-state index in [1.165, 1.54) is 0 Å². The summed E-state index contributed by atoms with van der Waals surface area (Å²) in [6.07, 6.45) is 1.69. The Labute approximate surface area is 167 Å². The first-order valence-electron chi connectivity index (χ1n) is 8.41. The van der Waals surface area contributed by atoms with E-state index < -0.39 is 23.7 Å². The summed E-state index contributed by atoms with van der Waals surface area (Å²) < 4.78 is 5.09. The van der Waals surface area contributed by atoms with Crippen LogP contribution in [-0.2, 0) is 14.3 Å². The Bertz CT molecular complexity index is 841. The van der Waals surface area contributed by atoms with Gasteiger partial charge >= 0.3 is 5.97 Å². The van der Waals surface area contributed by atoms with Gasteiger partial charge in [-0.05, 0) is 18.1 Å². The van der Waals surface area contributed by atoms with Crippen LogP contribution in [0.25, 0.3) is 0 Å². The lowest BCUT2D eigenvalue weighted by molar-refractivity contribution is -0.140. The van der Waals surface area contributed by atoms with Crippen molar-refractivity contribution in [3.8, 4) is 12.1 Å². The minimum absolute atomic E-state index is 0.0447. The van der Waals surface area contributed by atoms with Gasteiger partial charge in [0.05, 0.1) is 35.1 Å². The van der Waals surface area contributed by atoms with Gasteiger partial charge in [0.15, 0.2) is 0 Å². The van der Waals surface area contributed by atoms with Crippen LogP contribution in [0.2, 0.25) is 5.02 Å². The summed E-state index contributed by atoms with van der Waals surface area (Å²) in [4.78, 5) is 24.2. The van der Waals surface area contributed by atoms with Gasteiger partial charge in [-0.2, -0.15) is 10.5 Å². The minimum atomic E-state index is -1.08. The quantitative estimate of drug-likeness (QED) is 0.552. The third-order valence-electron chi connectivity index (χ3n) is 4.00. The minimum Gasteiger partial charge on any atom is -0.465 e. The van der Waals surface area contributed by atoms with Crippen molar-refractivity contribution in [1.29, 1.82) is 10.5 Å². The summed E-state index contributed by atoms with van der Waals surface area (Å²) in [5, 5.41) is 22.3. The number of unbranched alkanes of at least 4 members (excludes halogenated alkanes) is 1. The molecule has 1 amide bonds. The van der Waals surface area contributed by atoms with Crippen LogP contribution in [0.3, 0.4) is 0 Å². The van der Waals surface area contributed by atoms with Gasteiger partial charge in [-0.3, -0.25) is 9.59 Å². The number of allylic oxidation sites excluding steroid dienone is 1. The molecule has 6 nitrogen and oxygen atoms in total. The molecule has 1 aromatic rings. The lowest BCUT2D eigenvalue weighted by atomic mass is 9.79. The first-order chi connectivity index (χ1) is 13.0. The zero-order chi connectivity index (χ0) is 19.8. The molecule has 8 heteroatoms. The molecule has 0 spiro atoms. The van der Waals surface area contributed by atoms with Gasteiger partial charge in [-0.15, -0.1) is 0 Å². The normalized spacial score (nSPS) is 19.0. The fraction of sp³-hybridized carbons (Fsp3) is 0.368. The van der Waals surface area contributed by atoms with Gasteiger partial charge < -0.3 is 10.1 Å². The number of hydrogen-bond acceptors (Lipinski definition) is 6. The molecule has 0 radical (unpaired) electrons. The SMILES string of the molecule is CCCCOC(=O)CSC1=C(C#N)[C@H](c2ccccc2Cl)[C@@H](C#N)C(=O)N1. The number of esters is 1. The maximum absolute atomic E-state index is 12.4. The number of thioether (sulfide) groups is 1. The Morgan fingerprint density at radius 2 is 2.11 bits per heavy atom. The lowest BCUT2D eigenvalue weighted by Gasteiger charge is -2.29. The first kappa shape index (κ1) is 20.8. The molecule has 0 aliphatic carbocycles. The average molecular weight is 404 g/mol. The maximum atomic E-state index is 12.4. The summed E-state index contributed by atoms with van der Waals surface area (Å²) in [7, 11) is 0. The largest absolute Gasteiger partial charge is 0.465 e. The van der Waals surface area contributed by atoms with Crippen LogP contribution >= 0.6 is 23.4 Å². The number of nitriles is 2. The Balaban J connectivity index is 2.31. The number of nitrogens with one attached hydrogen (secondary N) is 1. The standard InChI is InChI=1S/C19H18ClN3O3S/c1-2-3-8-26-16(24)11-27-19-14(10-22)17(13(9-21)18(25)23-19)12-6-4-5-7-15(12)20/h4-7,13,17H,2-3,8,11H2,1H3,(H,23,25)/t13-,17-/m1/s1. The van der Waals surface area contributed by atoms with Crippen LogP contribution in [0.1, 0.15) is 31.2 Å². The second kappa shape index (κ2) is 10.0. The van der Waals surface area contributed by atoms with Gasteiger partial charge in [-0.25, -0.2) is 0 Å². The summed E-state index contributed by atoms with van der Waals surface area (Å²) in [6.45, 7) is 2.33. The maximum Gasteiger partial charge on any atom is 0.316 e. The van der Waals surface area contributed by atoms with Crippen LogP contribution in [0.5, 0.6) is 0 Å². The third-order valence-corrected chi connectivity index (χ3v) is 5.34. The predicted molar refractivity (Wildman–Crippen MR) is 102 cm³/mol. The zero-order valence-electron chi connectivity index (χ0n) is 14.7. The molecule has 27 heavy (non-hydrogen) atoms. The summed E-state index contributed by atoms with van der Waals surface area (Å²) in [5.41, 5.74) is 0.737. The van der Waals surface area contributed by atoms with Crippen molar-refractivity contribution in [3.05, 3.63) is 45.5 Å². The van der Waals surface area contributed by atoms with E-state index in [0.29, 0.717) is 17.2 Å². The molecule has 0 aromatic heterocycles. The van der Waals surface area contributed by atoms with Crippen molar-refractivity contribution in [2.75, 3.05) is 12.4 Å². The highest BCUT2D eigenvalue weighted by molar-refractivity contribution is 8.03. The van der Waals surface area contributed by atoms with Crippen molar-refractivity contribution in [1.82, 2.24) is 5.32 Å². The highest BCUT2D eigenvalue weighted by atomic mass is 35.5. The molecule has 0 saturated carbocycles. The summed E-state index contributed by atoms with van der Waals surface area (Å²) in [6, 6.07) is 10.8. The number of halogens is 1. The van der Waals surface area contributed by atoms with Crippen LogP contribution in [0.15, 0.2) is 34.9 Å². The number of ether oxygens (including phenoxy) is 1. The van der Waals surface area contributed by atoms with Crippen molar-refractivity contribution in [3.63, 3.8) is 0 Å². The van der Waals surface area contributed by atoms with Crippen molar-refractivity contribution < 1.29 is 14.3 Å². The third kappa shape index (κ3) is 5.03. The van der Waals surface area contributed by atoms with Crippen LogP contribution in [-0.4, -0.2) is 24.2 Å². The fourth-order valence-electron chi connectivity index (χ4n) is 2.65. The lowest BCUT2D eigenvalue weighted by Crippen LogP contribution is -2.39. The number of hydrogen-bond donors (Lipinski definition) is 1. The molecule has 140 valence electrons. The van der Waals surface area contributed by atoms with Crippen molar-refractivity contribution >= 4 is 35.2 Å². The highest BCUT2D eigenvalue weighted by Crippen LogP contribution is 2.41. The Kier molecular flexibility index (Phi) is 7.72. The first-order valence-corrected chi connectivity index (χ1v) is 9.77. The molecule has 1 N–H and O–H groups in total. The highest BCUT2D eigenvalue weighted by Gasteiger charge is 2.40. The second-order valence-electron chi connectivity index (χ2n) is 5.81. The molecule has 0 bridgehead atoms. The Morgan fingerprint density at radius 1 is 1.37 bits per heavy atom. The van der Waals surface area contributed by atoms with E-state index >= 15 is 0 Å². The van der Waals surface area contributed by atoms with E-state index in [1.54, 1.807) is 24.3 Å². The zero-order valence-corrected chi connectivity index (χ0v) is 16.3. The molecule has 2 atom stereocenters. The van der Waals surface area contributed by atoms with E-state index in [4.69, 9.17) is 16.3 Å². The van der Waals surface area contributed by atoms with E-state index in [9.17, 15) is 20.1 Å². The smallest absolute Gasteiger partial charge is 0.316 e. The molecule has 1 aliphatic heterocycles. The van der Waals surface area contributed by atoms with Gasteiger partial charge in [0.2, 0.25) is 5.91 Å². The number of carbonyl (C=O) groups is 2. The molecule has 0 unspecified atom stereocenters. The van der Waals surface area contributed by atoms with E-state index in [1.807, 2.05) is 13.0 Å². The molecular weight excluding hydrogens is 386 g/mol. The van der Waals surface area contributed by atoms with Gasteiger partial charge in [0.25, 0.3) is 0 Å². The fourth-order valence-corrected chi connectivity index (χ4v) is 3.75. The van der Waals surface area contributed by atoms with Crippen molar-refractivity contribution in [2.24, 2.45) is 5.92 Å². The number of carbonyl (C=O) groups excluding carboxylic acids is 2. The summed E-state index contributed by atoms with van der Waals surface area (Å²) in [5.74, 6) is -2.87. The van der Waals surface area contributed by atoms with Crippen LogP contribution < -0.4 is 5.32 Å². The van der Waals surface area contributed by atoms with E-state index in [0.717, 1.165) is 24.6 Å². The summed E-state index contributed by atoms with van der Waals surface area (Å²) >= 11 is 7.26. The molecule has 1 aliphatic rings. The predicted octanol–water partition coefficient (Wildman–Crippen LogP) is 3.50. The Morgan fingerprint density at radius 3 is 2.74 bits per heavy atom. The van der Waals surface area contributed by atoms with Gasteiger partial charge in [0.1, 0.15) is 5.92 Å². The molecule has 1 aromatic carbocycles. The van der Waals surface area contributed by atoms with Crippen molar-refractivity contribution in [2.45, 2.75) is 25.7 Å². The molecule has 2 rings (SSSR count). The van der Waals surface area contributed by atoms with Crippen LogP contribution in [0, 0.1) is 28.6 Å². The molecule has 0 saturated heterocycles. The number of nitrogens with zero attached hydrogens (tertiary/aromatic N) is 2. The monoisotopic (exact) mass is 403 g/mol. The molecular formula is C19H18ClN3O3S. The Hall–Kier alpha value is -2.48. The molecule has 1 heterocycles. The number of rotatable bonds is 7. The number of benzene rings is 1. The molecule has 0 fully saturated rings. The number of amides is 1. The van der Waals surface area contributed by atoms with E-state index in [2.05, 4.69) is 11.4 Å². The second-order valence-corrected chi connectivity index (χ2v) is 7.21. The van der Waals surface area contributed by atoms with Gasteiger partial charge in [-0.1, -0.05) is 54.9 Å². The van der Waals surface area contributed by atoms with Gasteiger partial charge in [0, 0.05) is 10.9 Å². The topological polar surface area (TPSA) is 103 Å². The van der Waals surface area contributed by atoms with E-state index in [-0.39, 0.29) is 16.4 Å². The average Bonchev–Trinajstić information content (AvgIpc) is 2.66. The van der Waals surface area contributed by atoms with Crippen LogP contribution in [0.4, 0.5) is 0 Å².